The summed E-state index contributed by atoms with van der Waals surface area (Å²) in [6.07, 6.45) is 2.98. The lowest BCUT2D eigenvalue weighted by atomic mass is 10.1. The van der Waals surface area contributed by atoms with Gasteiger partial charge < -0.3 is 10.4 Å². The van der Waals surface area contributed by atoms with E-state index in [0.29, 0.717) is 6.54 Å². The molecular weight excluding hydrogens is 257 g/mol. The fraction of sp³-hybridized carbons (Fsp3) is 0.462. The van der Waals surface area contributed by atoms with E-state index in [1.54, 1.807) is 0 Å². The van der Waals surface area contributed by atoms with Crippen LogP contribution in [0.25, 0.3) is 0 Å². The Kier molecular flexibility index (Phi) is 4.07. The van der Waals surface area contributed by atoms with E-state index in [2.05, 4.69) is 5.32 Å². The Balaban J connectivity index is 1.99. The second-order valence-electron chi connectivity index (χ2n) is 4.55. The summed E-state index contributed by atoms with van der Waals surface area (Å²) in [5.74, 6) is -1.44. The molecule has 1 aliphatic carbocycles. The van der Waals surface area contributed by atoms with Gasteiger partial charge in [-0.2, -0.15) is 0 Å². The number of rotatable bonds is 3. The number of phenols is 1. The highest BCUT2D eigenvalue weighted by Crippen LogP contribution is 2.29. The van der Waals surface area contributed by atoms with Crippen LogP contribution in [0.1, 0.15) is 29.6 Å². The summed E-state index contributed by atoms with van der Waals surface area (Å²) in [4.78, 5) is 11.8. The molecule has 0 radical (unpaired) electrons. The minimum absolute atomic E-state index is 0.0690. The third-order valence-electron chi connectivity index (χ3n) is 3.31. The average Bonchev–Trinajstić information content (AvgIpc) is 2.72. The van der Waals surface area contributed by atoms with Crippen molar-refractivity contribution in [2.45, 2.75) is 24.6 Å². The van der Waals surface area contributed by atoms with Crippen LogP contribution in [0.15, 0.2) is 18.2 Å². The van der Waals surface area contributed by atoms with Gasteiger partial charge in [0.1, 0.15) is 17.1 Å². The van der Waals surface area contributed by atoms with Gasteiger partial charge in [-0.05, 0) is 30.9 Å². The van der Waals surface area contributed by atoms with Crippen molar-refractivity contribution in [3.63, 3.8) is 0 Å². The second-order valence-corrected chi connectivity index (χ2v) is 5.11. The van der Waals surface area contributed by atoms with Gasteiger partial charge in [0.2, 0.25) is 0 Å². The second kappa shape index (κ2) is 5.57. The van der Waals surface area contributed by atoms with E-state index in [1.165, 1.54) is 12.1 Å². The van der Waals surface area contributed by atoms with E-state index in [1.807, 2.05) is 0 Å². The van der Waals surface area contributed by atoms with Crippen LogP contribution in [-0.2, 0) is 0 Å². The Labute approximate surface area is 110 Å². The molecule has 0 heterocycles. The van der Waals surface area contributed by atoms with Crippen LogP contribution in [0.5, 0.6) is 5.75 Å². The van der Waals surface area contributed by atoms with Gasteiger partial charge in [0.15, 0.2) is 0 Å². The maximum Gasteiger partial charge on any atom is 0.258 e. The first-order valence-corrected chi connectivity index (χ1v) is 6.43. The molecule has 0 bridgehead atoms. The van der Waals surface area contributed by atoms with Crippen molar-refractivity contribution >= 4 is 17.5 Å². The van der Waals surface area contributed by atoms with E-state index in [0.717, 1.165) is 25.3 Å². The highest BCUT2D eigenvalue weighted by Gasteiger charge is 2.26. The Hall–Kier alpha value is -1.29. The standard InChI is InChI=1S/C13H15ClFNO2/c14-9-4-1-3-8(9)7-16-13(18)12-10(15)5-2-6-11(12)17/h2,5-6,8-9,17H,1,3-4,7H2,(H,16,18). The van der Waals surface area contributed by atoms with Gasteiger partial charge in [-0.25, -0.2) is 4.39 Å². The van der Waals surface area contributed by atoms with Crippen molar-refractivity contribution in [3.05, 3.63) is 29.6 Å². The minimum atomic E-state index is -0.721. The fourth-order valence-electron chi connectivity index (χ4n) is 2.27. The van der Waals surface area contributed by atoms with Crippen molar-refractivity contribution < 1.29 is 14.3 Å². The quantitative estimate of drug-likeness (QED) is 0.831. The number of carbonyl (C=O) groups excluding carboxylic acids is 1. The van der Waals surface area contributed by atoms with Crippen molar-refractivity contribution in [2.75, 3.05) is 6.54 Å². The van der Waals surface area contributed by atoms with E-state index < -0.39 is 11.7 Å². The molecule has 2 N–H and O–H groups in total. The molecule has 98 valence electrons. The van der Waals surface area contributed by atoms with Crippen molar-refractivity contribution in [2.24, 2.45) is 5.92 Å². The van der Waals surface area contributed by atoms with Gasteiger partial charge in [-0.3, -0.25) is 4.79 Å². The molecule has 0 spiro atoms. The Morgan fingerprint density at radius 2 is 2.28 bits per heavy atom. The third-order valence-corrected chi connectivity index (χ3v) is 3.88. The lowest BCUT2D eigenvalue weighted by Crippen LogP contribution is -2.31. The lowest BCUT2D eigenvalue weighted by molar-refractivity contribution is 0.0940. The Bertz CT molecular complexity index is 432. The summed E-state index contributed by atoms with van der Waals surface area (Å²) < 4.78 is 13.4. The van der Waals surface area contributed by atoms with E-state index >= 15 is 0 Å². The molecule has 1 saturated carbocycles. The van der Waals surface area contributed by atoms with Crippen LogP contribution in [0.3, 0.4) is 0 Å². The largest absolute Gasteiger partial charge is 0.507 e. The number of alkyl halides is 1. The molecule has 1 aliphatic rings. The molecular formula is C13H15ClFNO2. The van der Waals surface area contributed by atoms with Gasteiger partial charge in [0.05, 0.1) is 0 Å². The molecule has 2 rings (SSSR count). The zero-order valence-electron chi connectivity index (χ0n) is 9.83. The van der Waals surface area contributed by atoms with Gasteiger partial charge in [-0.1, -0.05) is 12.5 Å². The summed E-state index contributed by atoms with van der Waals surface area (Å²) in [7, 11) is 0. The van der Waals surface area contributed by atoms with Crippen molar-refractivity contribution in [3.8, 4) is 5.75 Å². The van der Waals surface area contributed by atoms with Crippen LogP contribution in [0.4, 0.5) is 4.39 Å². The lowest BCUT2D eigenvalue weighted by Gasteiger charge is -2.15. The molecule has 1 amide bonds. The van der Waals surface area contributed by atoms with Crippen molar-refractivity contribution in [1.29, 1.82) is 0 Å². The molecule has 0 saturated heterocycles. The maximum absolute atomic E-state index is 13.4. The molecule has 5 heteroatoms. The van der Waals surface area contributed by atoms with Gasteiger partial charge in [0.25, 0.3) is 5.91 Å². The van der Waals surface area contributed by atoms with Crippen LogP contribution in [0, 0.1) is 11.7 Å². The zero-order chi connectivity index (χ0) is 13.1. The van der Waals surface area contributed by atoms with Crippen LogP contribution in [-0.4, -0.2) is 22.9 Å². The molecule has 1 aromatic carbocycles. The Morgan fingerprint density at radius 1 is 1.50 bits per heavy atom. The summed E-state index contributed by atoms with van der Waals surface area (Å²) in [5.41, 5.74) is -0.304. The SMILES string of the molecule is O=C(NCC1CCCC1Cl)c1c(O)cccc1F. The highest BCUT2D eigenvalue weighted by atomic mass is 35.5. The maximum atomic E-state index is 13.4. The predicted octanol–water partition coefficient (Wildman–Crippen LogP) is 2.67. The first-order valence-electron chi connectivity index (χ1n) is 5.99. The summed E-state index contributed by atoms with van der Waals surface area (Å²) in [6.45, 7) is 0.417. The summed E-state index contributed by atoms with van der Waals surface area (Å²) in [6, 6.07) is 3.79. The monoisotopic (exact) mass is 271 g/mol. The molecule has 2 atom stereocenters. The third kappa shape index (κ3) is 2.75. The smallest absolute Gasteiger partial charge is 0.258 e. The predicted molar refractivity (Wildman–Crippen MR) is 67.4 cm³/mol. The molecule has 2 unspecified atom stereocenters. The normalized spacial score (nSPS) is 23.0. The number of hydrogen-bond acceptors (Lipinski definition) is 2. The number of amides is 1. The molecule has 1 aromatic rings. The number of benzene rings is 1. The number of carbonyl (C=O) groups is 1. The number of aromatic hydroxyl groups is 1. The Morgan fingerprint density at radius 3 is 2.89 bits per heavy atom. The van der Waals surface area contributed by atoms with E-state index in [9.17, 15) is 14.3 Å². The first kappa shape index (κ1) is 13.1. The van der Waals surface area contributed by atoms with Gasteiger partial charge in [0, 0.05) is 11.9 Å². The topological polar surface area (TPSA) is 49.3 Å². The van der Waals surface area contributed by atoms with Gasteiger partial charge in [-0.15, -0.1) is 11.6 Å². The number of halogens is 2. The van der Waals surface area contributed by atoms with Crippen molar-refractivity contribution in [1.82, 2.24) is 5.32 Å². The van der Waals surface area contributed by atoms with Gasteiger partial charge >= 0.3 is 0 Å². The van der Waals surface area contributed by atoms with E-state index in [-0.39, 0.29) is 22.6 Å². The number of phenolic OH excluding ortho intramolecular Hbond substituents is 1. The molecule has 1 fully saturated rings. The number of nitrogens with one attached hydrogen (secondary N) is 1. The average molecular weight is 272 g/mol. The molecule has 18 heavy (non-hydrogen) atoms. The molecule has 0 aliphatic heterocycles. The first-order chi connectivity index (χ1) is 8.59. The molecule has 3 nitrogen and oxygen atoms in total. The van der Waals surface area contributed by atoms with Crippen LogP contribution in [0.2, 0.25) is 0 Å². The highest BCUT2D eigenvalue weighted by molar-refractivity contribution is 6.21. The van der Waals surface area contributed by atoms with E-state index in [4.69, 9.17) is 11.6 Å². The number of hydrogen-bond donors (Lipinski definition) is 2. The van der Waals surface area contributed by atoms with Crippen LogP contribution < -0.4 is 5.32 Å². The fourth-order valence-corrected chi connectivity index (χ4v) is 2.64. The zero-order valence-corrected chi connectivity index (χ0v) is 10.6. The van der Waals surface area contributed by atoms with Crippen LogP contribution >= 0.6 is 11.6 Å². The minimum Gasteiger partial charge on any atom is -0.507 e. The summed E-state index contributed by atoms with van der Waals surface area (Å²) >= 11 is 6.10. The summed E-state index contributed by atoms with van der Waals surface area (Å²) in [5, 5.41) is 12.2. The molecule has 0 aromatic heterocycles.